The van der Waals surface area contributed by atoms with Gasteiger partial charge in [0.05, 0.1) is 13.2 Å². The maximum absolute atomic E-state index is 12.1. The van der Waals surface area contributed by atoms with Gasteiger partial charge in [-0.2, -0.15) is 0 Å². The number of hydrogen-bond acceptors (Lipinski definition) is 4. The summed E-state index contributed by atoms with van der Waals surface area (Å²) in [7, 11) is -2.24. The van der Waals surface area contributed by atoms with Crippen molar-refractivity contribution < 1.29 is 18.3 Å². The van der Waals surface area contributed by atoms with Gasteiger partial charge in [-0.3, -0.25) is 0 Å². The van der Waals surface area contributed by atoms with Crippen molar-refractivity contribution in [3.8, 4) is 5.75 Å². The van der Waals surface area contributed by atoms with Crippen LogP contribution >= 0.6 is 0 Å². The van der Waals surface area contributed by atoms with Crippen molar-refractivity contribution in [3.63, 3.8) is 0 Å². The van der Waals surface area contributed by atoms with E-state index in [1.807, 2.05) is 13.8 Å². The predicted octanol–water partition coefficient (Wildman–Crippen LogP) is 0.971. The van der Waals surface area contributed by atoms with Crippen LogP contribution in [0, 0.1) is 13.8 Å². The second-order valence-corrected chi connectivity index (χ2v) is 6.02. The molecule has 1 rings (SSSR count). The molecule has 1 unspecified atom stereocenters. The van der Waals surface area contributed by atoms with E-state index < -0.39 is 16.1 Å². The summed E-state index contributed by atoms with van der Waals surface area (Å²) in [6.07, 6.45) is -0.739. The highest BCUT2D eigenvalue weighted by Crippen LogP contribution is 2.27. The van der Waals surface area contributed by atoms with Gasteiger partial charge < -0.3 is 9.84 Å². The Bertz CT molecular complexity index is 523. The molecule has 0 aromatic heterocycles. The third kappa shape index (κ3) is 3.44. The molecule has 1 atom stereocenters. The first-order valence-corrected chi connectivity index (χ1v) is 7.09. The third-order valence-corrected chi connectivity index (χ3v) is 4.08. The van der Waals surface area contributed by atoms with Crippen LogP contribution in [0.5, 0.6) is 5.75 Å². The number of sulfonamides is 1. The number of rotatable bonds is 5. The number of hydrogen-bond donors (Lipinski definition) is 2. The monoisotopic (exact) mass is 273 g/mol. The molecule has 0 saturated heterocycles. The van der Waals surface area contributed by atoms with Gasteiger partial charge in [-0.1, -0.05) is 0 Å². The Balaban J connectivity index is 3.19. The largest absolute Gasteiger partial charge is 0.495 e. The van der Waals surface area contributed by atoms with Crippen LogP contribution < -0.4 is 9.46 Å². The molecule has 0 radical (unpaired) electrons. The fourth-order valence-corrected chi connectivity index (χ4v) is 2.80. The van der Waals surface area contributed by atoms with Gasteiger partial charge in [0.1, 0.15) is 10.6 Å². The Labute approximate surface area is 108 Å². The van der Waals surface area contributed by atoms with Crippen molar-refractivity contribution in [1.82, 2.24) is 4.72 Å². The molecule has 0 aliphatic carbocycles. The number of ether oxygens (including phenoxy) is 1. The van der Waals surface area contributed by atoms with Crippen molar-refractivity contribution in [2.75, 3.05) is 13.7 Å². The van der Waals surface area contributed by atoms with Gasteiger partial charge in [0, 0.05) is 6.54 Å². The summed E-state index contributed by atoms with van der Waals surface area (Å²) < 4.78 is 31.6. The van der Waals surface area contributed by atoms with E-state index >= 15 is 0 Å². The highest BCUT2D eigenvalue weighted by molar-refractivity contribution is 7.89. The fourth-order valence-electron chi connectivity index (χ4n) is 1.44. The predicted molar refractivity (Wildman–Crippen MR) is 69.3 cm³/mol. The summed E-state index contributed by atoms with van der Waals surface area (Å²) >= 11 is 0. The van der Waals surface area contributed by atoms with E-state index in [0.29, 0.717) is 5.75 Å². The number of aliphatic hydroxyl groups excluding tert-OH is 1. The lowest BCUT2D eigenvalue weighted by molar-refractivity contribution is 0.198. The van der Waals surface area contributed by atoms with Crippen molar-refractivity contribution in [2.24, 2.45) is 0 Å². The van der Waals surface area contributed by atoms with E-state index in [2.05, 4.69) is 4.72 Å². The van der Waals surface area contributed by atoms with Gasteiger partial charge in [-0.05, 0) is 44.0 Å². The van der Waals surface area contributed by atoms with Crippen LogP contribution in [0.4, 0.5) is 0 Å². The molecule has 5 nitrogen and oxygen atoms in total. The SMILES string of the molecule is COc1cc(C)c(C)cc1S(=O)(=O)NCC(C)O. The summed E-state index contributed by atoms with van der Waals surface area (Å²) in [6.45, 7) is 5.21. The Morgan fingerprint density at radius 2 is 1.89 bits per heavy atom. The zero-order valence-electron chi connectivity index (χ0n) is 11.0. The van der Waals surface area contributed by atoms with Crippen LogP contribution in [0.3, 0.4) is 0 Å². The van der Waals surface area contributed by atoms with Gasteiger partial charge in [0.2, 0.25) is 10.0 Å². The number of nitrogens with one attached hydrogen (secondary N) is 1. The molecule has 0 aliphatic heterocycles. The average Bonchev–Trinajstić information content (AvgIpc) is 2.29. The van der Waals surface area contributed by atoms with Crippen LogP contribution in [0.1, 0.15) is 18.1 Å². The zero-order chi connectivity index (χ0) is 13.9. The van der Waals surface area contributed by atoms with Crippen molar-refractivity contribution in [3.05, 3.63) is 23.3 Å². The van der Waals surface area contributed by atoms with Crippen LogP contribution in [0.25, 0.3) is 0 Å². The van der Waals surface area contributed by atoms with E-state index in [0.717, 1.165) is 11.1 Å². The summed E-state index contributed by atoms with van der Waals surface area (Å²) in [5.74, 6) is 0.302. The molecule has 2 N–H and O–H groups in total. The number of aryl methyl sites for hydroxylation is 2. The van der Waals surface area contributed by atoms with E-state index in [1.165, 1.54) is 14.0 Å². The molecule has 0 spiro atoms. The fraction of sp³-hybridized carbons (Fsp3) is 0.500. The third-order valence-electron chi connectivity index (χ3n) is 2.64. The van der Waals surface area contributed by atoms with Gasteiger partial charge in [0.25, 0.3) is 0 Å². The lowest BCUT2D eigenvalue weighted by Crippen LogP contribution is -2.31. The highest BCUT2D eigenvalue weighted by Gasteiger charge is 2.20. The first kappa shape index (κ1) is 14.9. The number of benzene rings is 1. The van der Waals surface area contributed by atoms with Gasteiger partial charge in [-0.15, -0.1) is 0 Å². The molecule has 102 valence electrons. The molecule has 18 heavy (non-hydrogen) atoms. The molecule has 0 bridgehead atoms. The first-order chi connectivity index (χ1) is 8.27. The topological polar surface area (TPSA) is 75.6 Å². The maximum atomic E-state index is 12.1. The van der Waals surface area contributed by atoms with Crippen molar-refractivity contribution in [2.45, 2.75) is 31.8 Å². The van der Waals surface area contributed by atoms with E-state index in [9.17, 15) is 8.42 Å². The van der Waals surface area contributed by atoms with E-state index in [-0.39, 0.29) is 11.4 Å². The van der Waals surface area contributed by atoms with Crippen LogP contribution in [-0.4, -0.2) is 33.3 Å². The molecule has 1 aromatic rings. The number of methoxy groups -OCH3 is 1. The lowest BCUT2D eigenvalue weighted by Gasteiger charge is -2.13. The zero-order valence-corrected chi connectivity index (χ0v) is 11.8. The molecular weight excluding hydrogens is 254 g/mol. The van der Waals surface area contributed by atoms with Gasteiger partial charge >= 0.3 is 0 Å². The minimum absolute atomic E-state index is 0.0294. The summed E-state index contributed by atoms with van der Waals surface area (Å²) in [5.41, 5.74) is 1.83. The Kier molecular flexibility index (Phi) is 4.72. The average molecular weight is 273 g/mol. The minimum Gasteiger partial charge on any atom is -0.495 e. The van der Waals surface area contributed by atoms with Crippen LogP contribution in [-0.2, 0) is 10.0 Å². The Hall–Kier alpha value is -1.11. The van der Waals surface area contributed by atoms with Crippen molar-refractivity contribution >= 4 is 10.0 Å². The second kappa shape index (κ2) is 5.69. The quantitative estimate of drug-likeness (QED) is 0.838. The van der Waals surface area contributed by atoms with E-state index in [1.54, 1.807) is 12.1 Å². The molecular formula is C12H19NO4S. The van der Waals surface area contributed by atoms with Gasteiger partial charge in [-0.25, -0.2) is 13.1 Å². The van der Waals surface area contributed by atoms with Crippen LogP contribution in [0.15, 0.2) is 17.0 Å². The molecule has 0 heterocycles. The van der Waals surface area contributed by atoms with Crippen molar-refractivity contribution in [1.29, 1.82) is 0 Å². The molecule has 0 saturated carbocycles. The molecule has 1 aromatic carbocycles. The molecule has 0 fully saturated rings. The minimum atomic E-state index is -3.67. The Morgan fingerprint density at radius 3 is 2.39 bits per heavy atom. The number of aliphatic hydroxyl groups is 1. The smallest absolute Gasteiger partial charge is 0.244 e. The summed E-state index contributed by atoms with van der Waals surface area (Å²) in [4.78, 5) is 0.0914. The summed E-state index contributed by atoms with van der Waals surface area (Å²) in [6, 6.07) is 3.25. The lowest BCUT2D eigenvalue weighted by atomic mass is 10.1. The highest BCUT2D eigenvalue weighted by atomic mass is 32.2. The maximum Gasteiger partial charge on any atom is 0.244 e. The van der Waals surface area contributed by atoms with Crippen LogP contribution in [0.2, 0.25) is 0 Å². The van der Waals surface area contributed by atoms with Gasteiger partial charge in [0.15, 0.2) is 0 Å². The first-order valence-electron chi connectivity index (χ1n) is 5.61. The standard InChI is InChI=1S/C12H19NO4S/c1-8-5-11(17-4)12(6-9(8)2)18(15,16)13-7-10(3)14/h5-6,10,13-14H,7H2,1-4H3. The Morgan fingerprint density at radius 1 is 1.33 bits per heavy atom. The second-order valence-electron chi connectivity index (χ2n) is 4.29. The summed E-state index contributed by atoms with van der Waals surface area (Å²) in [5, 5.41) is 9.13. The van der Waals surface area contributed by atoms with E-state index in [4.69, 9.17) is 9.84 Å². The normalized spacial score (nSPS) is 13.4. The molecule has 0 amide bonds. The molecule has 0 aliphatic rings. The molecule has 6 heteroatoms.